The molecule has 0 atom stereocenters. The van der Waals surface area contributed by atoms with E-state index in [1.54, 1.807) is 9.58 Å². The third kappa shape index (κ3) is 3.64. The summed E-state index contributed by atoms with van der Waals surface area (Å²) >= 11 is 0. The summed E-state index contributed by atoms with van der Waals surface area (Å²) in [6, 6.07) is 9.77. The fourth-order valence-corrected chi connectivity index (χ4v) is 2.86. The van der Waals surface area contributed by atoms with Gasteiger partial charge in [-0.25, -0.2) is 4.68 Å². The molecule has 1 aliphatic rings. The molecule has 1 aromatic carbocycles. The summed E-state index contributed by atoms with van der Waals surface area (Å²) in [5.74, 6) is 0.476. The van der Waals surface area contributed by atoms with E-state index in [1.165, 1.54) is 0 Å². The number of piperidine rings is 1. The maximum absolute atomic E-state index is 12.3. The van der Waals surface area contributed by atoms with E-state index in [2.05, 4.69) is 10.4 Å². The van der Waals surface area contributed by atoms with Gasteiger partial charge in [0.2, 0.25) is 11.8 Å². The number of hydrogen-bond donors (Lipinski definition) is 1. The summed E-state index contributed by atoms with van der Waals surface area (Å²) in [6.45, 7) is 4.66. The van der Waals surface area contributed by atoms with Gasteiger partial charge in [-0.15, -0.1) is 0 Å². The maximum Gasteiger partial charge on any atom is 0.245 e. The second-order valence-electron chi connectivity index (χ2n) is 6.24. The average Bonchev–Trinajstić information content (AvgIpc) is 2.90. The number of amides is 2. The highest BCUT2D eigenvalue weighted by atomic mass is 16.2. The number of aryl methyl sites for hydroxylation is 2. The summed E-state index contributed by atoms with van der Waals surface area (Å²) in [5.41, 5.74) is 2.87. The monoisotopic (exact) mass is 326 g/mol. The predicted octanol–water partition coefficient (Wildman–Crippen LogP) is 2.44. The summed E-state index contributed by atoms with van der Waals surface area (Å²) in [4.78, 5) is 25.8. The highest BCUT2D eigenvalue weighted by Gasteiger charge is 2.21. The van der Waals surface area contributed by atoms with E-state index in [0.29, 0.717) is 18.8 Å². The van der Waals surface area contributed by atoms with Crippen molar-refractivity contribution < 1.29 is 9.59 Å². The van der Waals surface area contributed by atoms with Crippen LogP contribution in [0.1, 0.15) is 30.5 Å². The Balaban J connectivity index is 1.74. The fraction of sp³-hybridized carbons (Fsp3) is 0.389. The lowest BCUT2D eigenvalue weighted by Crippen LogP contribution is -2.41. The molecule has 0 saturated carbocycles. The number of carbonyl (C=O) groups excluding carboxylic acids is 2. The first-order chi connectivity index (χ1) is 11.5. The number of nitrogens with zero attached hydrogens (tertiary/aromatic N) is 3. The molecule has 0 unspecified atom stereocenters. The van der Waals surface area contributed by atoms with Gasteiger partial charge in [0.15, 0.2) is 0 Å². The minimum atomic E-state index is -0.196. The molecule has 0 aliphatic carbocycles. The second-order valence-corrected chi connectivity index (χ2v) is 6.24. The molecule has 2 amide bonds. The van der Waals surface area contributed by atoms with Crippen molar-refractivity contribution in [3.8, 4) is 5.69 Å². The van der Waals surface area contributed by atoms with Gasteiger partial charge in [-0.2, -0.15) is 5.10 Å². The van der Waals surface area contributed by atoms with E-state index in [0.717, 1.165) is 29.8 Å². The Labute approximate surface area is 141 Å². The number of likely N-dealkylation sites (tertiary alicyclic amines) is 1. The van der Waals surface area contributed by atoms with E-state index in [1.807, 2.05) is 44.2 Å². The van der Waals surface area contributed by atoms with Crippen LogP contribution in [-0.4, -0.2) is 39.6 Å². The van der Waals surface area contributed by atoms with Gasteiger partial charge >= 0.3 is 0 Å². The SMILES string of the molecule is Cc1ccc(-n2nc(C)cc2NC(=O)CN2CCCCC2=O)cc1. The van der Waals surface area contributed by atoms with Crippen LogP contribution in [0.15, 0.2) is 30.3 Å². The molecule has 1 N–H and O–H groups in total. The first-order valence-electron chi connectivity index (χ1n) is 8.24. The van der Waals surface area contributed by atoms with Crippen molar-refractivity contribution >= 4 is 17.6 Å². The first kappa shape index (κ1) is 16.2. The van der Waals surface area contributed by atoms with Crippen LogP contribution in [0.5, 0.6) is 0 Å². The molecule has 2 heterocycles. The number of aromatic nitrogens is 2. The maximum atomic E-state index is 12.3. The lowest BCUT2D eigenvalue weighted by Gasteiger charge is -2.25. The Bertz CT molecular complexity index is 749. The lowest BCUT2D eigenvalue weighted by atomic mass is 10.1. The molecule has 1 aliphatic heterocycles. The third-order valence-corrected chi connectivity index (χ3v) is 4.13. The zero-order chi connectivity index (χ0) is 17.1. The van der Waals surface area contributed by atoms with Crippen molar-refractivity contribution in [2.75, 3.05) is 18.4 Å². The molecule has 1 saturated heterocycles. The van der Waals surface area contributed by atoms with Gasteiger partial charge in [-0.05, 0) is 38.8 Å². The summed E-state index contributed by atoms with van der Waals surface area (Å²) in [5, 5.41) is 7.33. The van der Waals surface area contributed by atoms with Crippen molar-refractivity contribution in [3.05, 3.63) is 41.6 Å². The molecular weight excluding hydrogens is 304 g/mol. The predicted molar refractivity (Wildman–Crippen MR) is 92.1 cm³/mol. The molecule has 0 bridgehead atoms. The summed E-state index contributed by atoms with van der Waals surface area (Å²) in [6.07, 6.45) is 2.41. The largest absolute Gasteiger partial charge is 0.333 e. The molecular formula is C18H22N4O2. The molecule has 1 fully saturated rings. The van der Waals surface area contributed by atoms with Crippen LogP contribution < -0.4 is 5.32 Å². The first-order valence-corrected chi connectivity index (χ1v) is 8.24. The van der Waals surface area contributed by atoms with Crippen LogP contribution in [0.3, 0.4) is 0 Å². The van der Waals surface area contributed by atoms with Gasteiger partial charge in [-0.1, -0.05) is 17.7 Å². The van der Waals surface area contributed by atoms with Gasteiger partial charge in [0.25, 0.3) is 0 Å². The quantitative estimate of drug-likeness (QED) is 0.938. The second kappa shape index (κ2) is 6.86. The number of hydrogen-bond acceptors (Lipinski definition) is 3. The average molecular weight is 326 g/mol. The van der Waals surface area contributed by atoms with Gasteiger partial charge < -0.3 is 10.2 Å². The Morgan fingerprint density at radius 3 is 2.67 bits per heavy atom. The number of benzene rings is 1. The standard InChI is InChI=1S/C18H22N4O2/c1-13-6-8-15(9-7-13)22-16(11-14(2)20-22)19-17(23)12-21-10-4-3-5-18(21)24/h6-9,11H,3-5,10,12H2,1-2H3,(H,19,23). The third-order valence-electron chi connectivity index (χ3n) is 4.13. The van der Waals surface area contributed by atoms with Gasteiger partial charge in [0.05, 0.1) is 17.9 Å². The van der Waals surface area contributed by atoms with Crippen LogP contribution in [0.25, 0.3) is 5.69 Å². The van der Waals surface area contributed by atoms with Crippen LogP contribution in [-0.2, 0) is 9.59 Å². The van der Waals surface area contributed by atoms with Crippen molar-refractivity contribution in [1.29, 1.82) is 0 Å². The van der Waals surface area contributed by atoms with Crippen molar-refractivity contribution in [1.82, 2.24) is 14.7 Å². The van der Waals surface area contributed by atoms with E-state index < -0.39 is 0 Å². The molecule has 6 heteroatoms. The zero-order valence-electron chi connectivity index (χ0n) is 14.1. The Morgan fingerprint density at radius 2 is 1.96 bits per heavy atom. The molecule has 0 spiro atoms. The van der Waals surface area contributed by atoms with Crippen LogP contribution in [0.4, 0.5) is 5.82 Å². The minimum absolute atomic E-state index is 0.0552. The van der Waals surface area contributed by atoms with Crippen molar-refractivity contribution in [3.63, 3.8) is 0 Å². The number of nitrogens with one attached hydrogen (secondary N) is 1. The van der Waals surface area contributed by atoms with Gasteiger partial charge in [-0.3, -0.25) is 9.59 Å². The summed E-state index contributed by atoms with van der Waals surface area (Å²) < 4.78 is 1.71. The normalized spacial score (nSPS) is 14.8. The lowest BCUT2D eigenvalue weighted by molar-refractivity contribution is -0.136. The number of anilines is 1. The fourth-order valence-electron chi connectivity index (χ4n) is 2.86. The van der Waals surface area contributed by atoms with Gasteiger partial charge in [0.1, 0.15) is 5.82 Å². The summed E-state index contributed by atoms with van der Waals surface area (Å²) in [7, 11) is 0. The van der Waals surface area contributed by atoms with Crippen LogP contribution in [0, 0.1) is 13.8 Å². The number of carbonyl (C=O) groups is 2. The van der Waals surface area contributed by atoms with E-state index in [-0.39, 0.29) is 18.4 Å². The Morgan fingerprint density at radius 1 is 1.21 bits per heavy atom. The molecule has 24 heavy (non-hydrogen) atoms. The molecule has 126 valence electrons. The van der Waals surface area contributed by atoms with Gasteiger partial charge in [0, 0.05) is 19.0 Å². The molecule has 6 nitrogen and oxygen atoms in total. The molecule has 2 aromatic rings. The molecule has 1 aromatic heterocycles. The Kier molecular flexibility index (Phi) is 4.64. The van der Waals surface area contributed by atoms with E-state index in [9.17, 15) is 9.59 Å². The molecule has 3 rings (SSSR count). The highest BCUT2D eigenvalue weighted by molar-refractivity contribution is 5.94. The topological polar surface area (TPSA) is 67.2 Å². The van der Waals surface area contributed by atoms with Crippen LogP contribution >= 0.6 is 0 Å². The Hall–Kier alpha value is -2.63. The molecule has 0 radical (unpaired) electrons. The smallest absolute Gasteiger partial charge is 0.245 e. The zero-order valence-corrected chi connectivity index (χ0v) is 14.1. The minimum Gasteiger partial charge on any atom is -0.333 e. The number of rotatable bonds is 4. The van der Waals surface area contributed by atoms with Crippen LogP contribution in [0.2, 0.25) is 0 Å². The van der Waals surface area contributed by atoms with E-state index >= 15 is 0 Å². The van der Waals surface area contributed by atoms with Crippen molar-refractivity contribution in [2.45, 2.75) is 33.1 Å². The van der Waals surface area contributed by atoms with Crippen molar-refractivity contribution in [2.24, 2.45) is 0 Å². The highest BCUT2D eigenvalue weighted by Crippen LogP contribution is 2.18. The van der Waals surface area contributed by atoms with E-state index in [4.69, 9.17) is 0 Å².